The summed E-state index contributed by atoms with van der Waals surface area (Å²) in [6, 6.07) is 19.4. The Morgan fingerprint density at radius 3 is 2.14 bits per heavy atom. The van der Waals surface area contributed by atoms with Gasteiger partial charge in [-0.15, -0.1) is 5.06 Å². The molecule has 28 heavy (non-hydrogen) atoms. The lowest BCUT2D eigenvalue weighted by Crippen LogP contribution is -2.31. The average molecular weight is 379 g/mol. The largest absolute Gasteiger partial charge is 0.454 e. The Morgan fingerprint density at radius 2 is 1.46 bits per heavy atom. The van der Waals surface area contributed by atoms with E-state index in [1.54, 1.807) is 5.06 Å². The first-order chi connectivity index (χ1) is 13.7. The minimum atomic E-state index is -0.569. The van der Waals surface area contributed by atoms with E-state index < -0.39 is 18.0 Å². The van der Waals surface area contributed by atoms with Crippen LogP contribution in [0, 0.1) is 0 Å². The molecule has 0 amide bonds. The zero-order chi connectivity index (χ0) is 19.6. The van der Waals surface area contributed by atoms with Crippen molar-refractivity contribution in [2.45, 2.75) is 31.8 Å². The third-order valence-electron chi connectivity index (χ3n) is 4.58. The van der Waals surface area contributed by atoms with E-state index in [2.05, 4.69) is 0 Å². The molecule has 1 fully saturated rings. The Kier molecular flexibility index (Phi) is 7.38. The highest BCUT2D eigenvalue weighted by Gasteiger charge is 2.17. The maximum absolute atomic E-state index is 12.3. The fraction of sp³-hybridized carbons (Fsp3) is 0.304. The topological polar surface area (TPSA) is 55.8 Å². The van der Waals surface area contributed by atoms with Gasteiger partial charge in [0, 0.05) is 31.7 Å². The van der Waals surface area contributed by atoms with E-state index in [4.69, 9.17) is 9.57 Å². The lowest BCUT2D eigenvalue weighted by atomic mass is 10.0. The molecule has 1 unspecified atom stereocenters. The summed E-state index contributed by atoms with van der Waals surface area (Å²) in [5.74, 6) is -1.13. The van der Waals surface area contributed by atoms with Gasteiger partial charge in [-0.1, -0.05) is 67.1 Å². The highest BCUT2D eigenvalue weighted by Crippen LogP contribution is 2.22. The smallest absolute Gasteiger partial charge is 0.349 e. The van der Waals surface area contributed by atoms with Gasteiger partial charge >= 0.3 is 11.9 Å². The number of ether oxygens (including phenoxy) is 1. The second kappa shape index (κ2) is 10.4. The van der Waals surface area contributed by atoms with Crippen LogP contribution in [0.3, 0.4) is 0 Å². The number of carbonyl (C=O) groups is 2. The van der Waals surface area contributed by atoms with E-state index in [1.165, 1.54) is 0 Å². The number of carbonyl (C=O) groups excluding carboxylic acids is 2. The molecule has 5 heteroatoms. The predicted molar refractivity (Wildman–Crippen MR) is 106 cm³/mol. The molecule has 1 atom stereocenters. The molecule has 0 bridgehead atoms. The average Bonchev–Trinajstić information content (AvgIpc) is 2.74. The third kappa shape index (κ3) is 6.35. The molecule has 1 saturated heterocycles. The van der Waals surface area contributed by atoms with Gasteiger partial charge in [0.05, 0.1) is 0 Å². The van der Waals surface area contributed by atoms with Gasteiger partial charge in [-0.3, -0.25) is 0 Å². The van der Waals surface area contributed by atoms with E-state index in [-0.39, 0.29) is 0 Å². The zero-order valence-corrected chi connectivity index (χ0v) is 15.8. The lowest BCUT2D eigenvalue weighted by molar-refractivity contribution is -0.188. The molecular formula is C23H25NO4. The molecule has 1 aliphatic heterocycles. The Hall–Kier alpha value is -2.92. The molecule has 0 spiro atoms. The summed E-state index contributed by atoms with van der Waals surface area (Å²) in [7, 11) is 0. The number of hydrogen-bond acceptors (Lipinski definition) is 5. The summed E-state index contributed by atoms with van der Waals surface area (Å²) in [5, 5.41) is 1.64. The van der Waals surface area contributed by atoms with Gasteiger partial charge in [0.1, 0.15) is 6.10 Å². The normalized spacial score (nSPS) is 15.9. The number of rotatable bonds is 7. The van der Waals surface area contributed by atoms with Crippen LogP contribution < -0.4 is 0 Å². The molecule has 0 N–H and O–H groups in total. The Morgan fingerprint density at radius 1 is 0.857 bits per heavy atom. The van der Waals surface area contributed by atoms with Gasteiger partial charge in [-0.05, 0) is 24.0 Å². The molecule has 2 aromatic rings. The van der Waals surface area contributed by atoms with Crippen molar-refractivity contribution >= 4 is 11.9 Å². The zero-order valence-electron chi connectivity index (χ0n) is 15.8. The summed E-state index contributed by atoms with van der Waals surface area (Å²) < 4.78 is 5.63. The standard InChI is InChI=1S/C23H25NO4/c25-22(14-15-23(26)28-24-16-8-3-9-17-24)27-21(20-12-6-2-7-13-20)18-19-10-4-1-5-11-19/h1-2,4-7,10-15,21H,3,8-9,16-18H2/b15-14-. The van der Waals surface area contributed by atoms with Crippen LogP contribution in [0.25, 0.3) is 0 Å². The number of nitrogens with zero attached hydrogens (tertiary/aromatic N) is 1. The van der Waals surface area contributed by atoms with Crippen molar-refractivity contribution in [3.63, 3.8) is 0 Å². The van der Waals surface area contributed by atoms with Crippen LogP contribution in [-0.4, -0.2) is 30.1 Å². The summed E-state index contributed by atoms with van der Waals surface area (Å²) in [4.78, 5) is 29.4. The van der Waals surface area contributed by atoms with Crippen LogP contribution >= 0.6 is 0 Å². The van der Waals surface area contributed by atoms with Crippen molar-refractivity contribution < 1.29 is 19.2 Å². The third-order valence-corrected chi connectivity index (χ3v) is 4.58. The van der Waals surface area contributed by atoms with Crippen molar-refractivity contribution in [3.8, 4) is 0 Å². The minimum Gasteiger partial charge on any atom is -0.454 e. The molecule has 0 aromatic heterocycles. The second-order valence-electron chi connectivity index (χ2n) is 6.76. The van der Waals surface area contributed by atoms with Gasteiger partial charge in [-0.2, -0.15) is 0 Å². The number of benzene rings is 2. The van der Waals surface area contributed by atoms with Crippen LogP contribution in [0.4, 0.5) is 0 Å². The van der Waals surface area contributed by atoms with Crippen molar-refractivity contribution in [1.82, 2.24) is 5.06 Å². The summed E-state index contributed by atoms with van der Waals surface area (Å²) >= 11 is 0. The number of hydroxylamine groups is 2. The van der Waals surface area contributed by atoms with Crippen molar-refractivity contribution in [2.75, 3.05) is 13.1 Å². The summed E-state index contributed by atoms with van der Waals surface area (Å²) in [6.45, 7) is 1.47. The number of esters is 1. The first kappa shape index (κ1) is 19.8. The maximum atomic E-state index is 12.3. The summed E-state index contributed by atoms with van der Waals surface area (Å²) in [5.41, 5.74) is 1.97. The van der Waals surface area contributed by atoms with Crippen LogP contribution in [0.2, 0.25) is 0 Å². The molecule has 5 nitrogen and oxygen atoms in total. The molecule has 0 aliphatic carbocycles. The number of hydrogen-bond donors (Lipinski definition) is 0. The quantitative estimate of drug-likeness (QED) is 0.537. The summed E-state index contributed by atoms with van der Waals surface area (Å²) in [6.07, 6.45) is 5.56. The molecule has 3 rings (SSSR count). The van der Waals surface area contributed by atoms with Gasteiger partial charge < -0.3 is 9.57 Å². The van der Waals surface area contributed by atoms with Gasteiger partial charge in [0.15, 0.2) is 0 Å². The van der Waals surface area contributed by atoms with Crippen molar-refractivity contribution in [1.29, 1.82) is 0 Å². The van der Waals surface area contributed by atoms with Crippen LogP contribution in [0.1, 0.15) is 36.5 Å². The maximum Gasteiger partial charge on any atom is 0.349 e. The second-order valence-corrected chi connectivity index (χ2v) is 6.76. The Bertz CT molecular complexity index is 783. The van der Waals surface area contributed by atoms with Crippen molar-refractivity contribution in [2.24, 2.45) is 0 Å². The molecule has 2 aromatic carbocycles. The SMILES string of the molecule is O=C(/C=C\C(=O)ON1CCCCC1)OC(Cc1ccccc1)c1ccccc1. The Balaban J connectivity index is 1.59. The lowest BCUT2D eigenvalue weighted by Gasteiger charge is -2.24. The van der Waals surface area contributed by atoms with Crippen LogP contribution in [-0.2, 0) is 25.6 Å². The van der Waals surface area contributed by atoms with E-state index in [9.17, 15) is 9.59 Å². The monoisotopic (exact) mass is 379 g/mol. The van der Waals surface area contributed by atoms with Gasteiger partial charge in [-0.25, -0.2) is 9.59 Å². The fourth-order valence-electron chi connectivity index (χ4n) is 3.15. The van der Waals surface area contributed by atoms with E-state index >= 15 is 0 Å². The first-order valence-corrected chi connectivity index (χ1v) is 9.65. The Labute approximate surface area is 165 Å². The molecule has 1 heterocycles. The highest BCUT2D eigenvalue weighted by atomic mass is 16.7. The van der Waals surface area contributed by atoms with E-state index in [1.807, 2.05) is 60.7 Å². The van der Waals surface area contributed by atoms with Gasteiger partial charge in [0.2, 0.25) is 0 Å². The van der Waals surface area contributed by atoms with Crippen molar-refractivity contribution in [3.05, 3.63) is 83.9 Å². The molecule has 0 radical (unpaired) electrons. The molecule has 1 aliphatic rings. The fourth-order valence-corrected chi connectivity index (χ4v) is 3.15. The van der Waals surface area contributed by atoms with Crippen LogP contribution in [0.15, 0.2) is 72.8 Å². The van der Waals surface area contributed by atoms with E-state index in [0.717, 1.165) is 55.6 Å². The van der Waals surface area contributed by atoms with Gasteiger partial charge in [0.25, 0.3) is 0 Å². The molecule has 0 saturated carbocycles. The minimum absolute atomic E-state index is 0.432. The van der Waals surface area contributed by atoms with Crippen LogP contribution in [0.5, 0.6) is 0 Å². The highest BCUT2D eigenvalue weighted by molar-refractivity contribution is 5.91. The molecular weight excluding hydrogens is 354 g/mol. The number of piperidine rings is 1. The van der Waals surface area contributed by atoms with E-state index in [0.29, 0.717) is 6.42 Å². The first-order valence-electron chi connectivity index (χ1n) is 9.65. The predicted octanol–water partition coefficient (Wildman–Crippen LogP) is 4.01. The molecule has 146 valence electrons.